The molecule has 23 heavy (non-hydrogen) atoms. The van der Waals surface area contributed by atoms with E-state index in [1.807, 2.05) is 23.1 Å². The molecule has 3 rings (SSSR count). The molecule has 0 radical (unpaired) electrons. The number of para-hydroxylation sites is 1. The van der Waals surface area contributed by atoms with Crippen LogP contribution in [0.5, 0.6) is 5.75 Å². The van der Waals surface area contributed by atoms with Crippen LogP contribution in [0.1, 0.15) is 36.6 Å². The quantitative estimate of drug-likeness (QED) is 0.852. The Balaban J connectivity index is 1.70. The second kappa shape index (κ2) is 7.22. The summed E-state index contributed by atoms with van der Waals surface area (Å²) in [5.41, 5.74) is 1.95. The van der Waals surface area contributed by atoms with Gasteiger partial charge in [0.15, 0.2) is 0 Å². The molecular weight excluding hydrogens is 290 g/mol. The van der Waals surface area contributed by atoms with Crippen LogP contribution in [-0.4, -0.2) is 34.4 Å². The second-order valence-corrected chi connectivity index (χ2v) is 5.68. The Morgan fingerprint density at radius 1 is 1.35 bits per heavy atom. The maximum absolute atomic E-state index is 12.6. The molecular formula is C18H21N3O2. The molecule has 5 nitrogen and oxygen atoms in total. The van der Waals surface area contributed by atoms with Gasteiger partial charge < -0.3 is 9.64 Å². The fourth-order valence-corrected chi connectivity index (χ4v) is 3.17. The van der Waals surface area contributed by atoms with Crippen molar-refractivity contribution >= 4 is 5.91 Å². The SMILES string of the molecule is COc1ccccc1C1CCCN1C(=O)CCc1cnccn1. The van der Waals surface area contributed by atoms with Crippen LogP contribution in [0.25, 0.3) is 0 Å². The van der Waals surface area contributed by atoms with Gasteiger partial charge in [0.1, 0.15) is 5.75 Å². The van der Waals surface area contributed by atoms with E-state index in [-0.39, 0.29) is 11.9 Å². The van der Waals surface area contributed by atoms with Gasteiger partial charge in [-0.25, -0.2) is 0 Å². The van der Waals surface area contributed by atoms with Crippen LogP contribution in [-0.2, 0) is 11.2 Å². The van der Waals surface area contributed by atoms with E-state index in [9.17, 15) is 4.79 Å². The topological polar surface area (TPSA) is 55.3 Å². The van der Waals surface area contributed by atoms with E-state index >= 15 is 0 Å². The molecule has 1 aliphatic rings. The smallest absolute Gasteiger partial charge is 0.223 e. The van der Waals surface area contributed by atoms with E-state index in [1.165, 1.54) is 0 Å². The number of aromatic nitrogens is 2. The molecule has 1 aromatic heterocycles. The first-order chi connectivity index (χ1) is 11.3. The number of hydrogen-bond donors (Lipinski definition) is 0. The Kier molecular flexibility index (Phi) is 4.86. The molecule has 2 heterocycles. The number of rotatable bonds is 5. The minimum Gasteiger partial charge on any atom is -0.496 e. The van der Waals surface area contributed by atoms with Gasteiger partial charge in [-0.3, -0.25) is 14.8 Å². The Hall–Kier alpha value is -2.43. The van der Waals surface area contributed by atoms with Crippen molar-refractivity contribution in [2.45, 2.75) is 31.7 Å². The highest BCUT2D eigenvalue weighted by atomic mass is 16.5. The molecule has 1 saturated heterocycles. The summed E-state index contributed by atoms with van der Waals surface area (Å²) in [7, 11) is 1.67. The van der Waals surface area contributed by atoms with Gasteiger partial charge in [-0.2, -0.15) is 0 Å². The molecule has 2 aromatic rings. The minimum absolute atomic E-state index is 0.112. The number of hydrogen-bond acceptors (Lipinski definition) is 4. The van der Waals surface area contributed by atoms with Crippen molar-refractivity contribution < 1.29 is 9.53 Å². The highest BCUT2D eigenvalue weighted by Crippen LogP contribution is 2.37. The van der Waals surface area contributed by atoms with E-state index in [0.717, 1.165) is 36.4 Å². The zero-order valence-electron chi connectivity index (χ0n) is 13.3. The number of amides is 1. The lowest BCUT2D eigenvalue weighted by molar-refractivity contribution is -0.132. The molecule has 0 spiro atoms. The fourth-order valence-electron chi connectivity index (χ4n) is 3.17. The standard InChI is InChI=1S/C18H21N3O2/c1-23-17-7-3-2-5-15(17)16-6-4-12-21(16)18(22)9-8-14-13-19-10-11-20-14/h2-3,5,7,10-11,13,16H,4,6,8-9,12H2,1H3. The monoisotopic (exact) mass is 311 g/mol. The van der Waals surface area contributed by atoms with E-state index in [4.69, 9.17) is 4.74 Å². The maximum atomic E-state index is 12.6. The van der Waals surface area contributed by atoms with Gasteiger partial charge in [-0.05, 0) is 25.3 Å². The summed E-state index contributed by atoms with van der Waals surface area (Å²) in [6.07, 6.45) is 8.12. The summed E-state index contributed by atoms with van der Waals surface area (Å²) in [6.45, 7) is 0.808. The lowest BCUT2D eigenvalue weighted by Gasteiger charge is -2.26. The summed E-state index contributed by atoms with van der Waals surface area (Å²) in [5, 5.41) is 0. The Morgan fingerprint density at radius 3 is 3.00 bits per heavy atom. The molecule has 1 aliphatic heterocycles. The Labute approximate surface area is 136 Å². The Morgan fingerprint density at radius 2 is 2.22 bits per heavy atom. The lowest BCUT2D eigenvalue weighted by Crippen LogP contribution is -2.31. The van der Waals surface area contributed by atoms with E-state index < -0.39 is 0 Å². The Bertz CT molecular complexity index is 660. The van der Waals surface area contributed by atoms with E-state index in [1.54, 1.807) is 25.7 Å². The van der Waals surface area contributed by atoms with Crippen LogP contribution >= 0.6 is 0 Å². The number of likely N-dealkylation sites (tertiary alicyclic amines) is 1. The zero-order valence-corrected chi connectivity index (χ0v) is 13.3. The van der Waals surface area contributed by atoms with Crippen molar-refractivity contribution in [3.05, 3.63) is 54.1 Å². The van der Waals surface area contributed by atoms with Crippen molar-refractivity contribution in [1.82, 2.24) is 14.9 Å². The van der Waals surface area contributed by atoms with Gasteiger partial charge in [0, 0.05) is 37.1 Å². The van der Waals surface area contributed by atoms with Gasteiger partial charge in [-0.15, -0.1) is 0 Å². The van der Waals surface area contributed by atoms with Gasteiger partial charge in [0.05, 0.1) is 18.8 Å². The van der Waals surface area contributed by atoms with Crippen LogP contribution in [0.15, 0.2) is 42.9 Å². The number of aryl methyl sites for hydroxylation is 1. The highest BCUT2D eigenvalue weighted by Gasteiger charge is 2.31. The first kappa shape index (κ1) is 15.5. The molecule has 120 valence electrons. The maximum Gasteiger partial charge on any atom is 0.223 e. The number of benzene rings is 1. The third-order valence-corrected chi connectivity index (χ3v) is 4.28. The molecule has 1 fully saturated rings. The summed E-state index contributed by atoms with van der Waals surface area (Å²) in [6, 6.07) is 8.07. The predicted molar refractivity (Wildman–Crippen MR) is 87.0 cm³/mol. The summed E-state index contributed by atoms with van der Waals surface area (Å²) < 4.78 is 5.46. The first-order valence-electron chi connectivity index (χ1n) is 7.97. The van der Waals surface area contributed by atoms with Crippen molar-refractivity contribution in [3.63, 3.8) is 0 Å². The van der Waals surface area contributed by atoms with Crippen molar-refractivity contribution in [2.75, 3.05) is 13.7 Å². The lowest BCUT2D eigenvalue weighted by atomic mass is 10.0. The molecule has 5 heteroatoms. The highest BCUT2D eigenvalue weighted by molar-refractivity contribution is 5.77. The number of ether oxygens (including phenoxy) is 1. The van der Waals surface area contributed by atoms with Crippen LogP contribution in [0.4, 0.5) is 0 Å². The number of nitrogens with zero attached hydrogens (tertiary/aromatic N) is 3. The van der Waals surface area contributed by atoms with Gasteiger partial charge in [0.25, 0.3) is 0 Å². The van der Waals surface area contributed by atoms with Gasteiger partial charge in [-0.1, -0.05) is 18.2 Å². The average molecular weight is 311 g/mol. The molecule has 0 bridgehead atoms. The second-order valence-electron chi connectivity index (χ2n) is 5.68. The molecule has 1 atom stereocenters. The van der Waals surface area contributed by atoms with Crippen LogP contribution < -0.4 is 4.74 Å². The van der Waals surface area contributed by atoms with Crippen molar-refractivity contribution in [1.29, 1.82) is 0 Å². The summed E-state index contributed by atoms with van der Waals surface area (Å²) in [5.74, 6) is 1.02. The van der Waals surface area contributed by atoms with Crippen LogP contribution in [0.2, 0.25) is 0 Å². The third kappa shape index (κ3) is 3.50. The first-order valence-corrected chi connectivity index (χ1v) is 7.97. The van der Waals surface area contributed by atoms with E-state index in [2.05, 4.69) is 16.0 Å². The van der Waals surface area contributed by atoms with Crippen molar-refractivity contribution in [3.8, 4) is 5.75 Å². The van der Waals surface area contributed by atoms with Crippen molar-refractivity contribution in [2.24, 2.45) is 0 Å². The number of carbonyl (C=O) groups excluding carboxylic acids is 1. The zero-order chi connectivity index (χ0) is 16.1. The van der Waals surface area contributed by atoms with Gasteiger partial charge >= 0.3 is 0 Å². The normalized spacial score (nSPS) is 17.3. The van der Waals surface area contributed by atoms with Crippen LogP contribution in [0.3, 0.4) is 0 Å². The van der Waals surface area contributed by atoms with Crippen LogP contribution in [0, 0.1) is 0 Å². The number of methoxy groups -OCH3 is 1. The molecule has 1 aromatic carbocycles. The molecule has 0 saturated carbocycles. The molecule has 0 N–H and O–H groups in total. The minimum atomic E-state index is 0.112. The van der Waals surface area contributed by atoms with Gasteiger partial charge in [0.2, 0.25) is 5.91 Å². The third-order valence-electron chi connectivity index (χ3n) is 4.28. The molecule has 0 aliphatic carbocycles. The summed E-state index contributed by atoms with van der Waals surface area (Å²) >= 11 is 0. The average Bonchev–Trinajstić information content (AvgIpc) is 3.10. The van der Waals surface area contributed by atoms with E-state index in [0.29, 0.717) is 12.8 Å². The summed E-state index contributed by atoms with van der Waals surface area (Å²) in [4.78, 5) is 22.9. The molecule has 1 amide bonds. The largest absolute Gasteiger partial charge is 0.496 e. The number of carbonyl (C=O) groups is 1. The molecule has 1 unspecified atom stereocenters. The predicted octanol–water partition coefficient (Wildman–Crippen LogP) is 2.78. The fraction of sp³-hybridized carbons (Fsp3) is 0.389.